The van der Waals surface area contributed by atoms with E-state index < -0.39 is 17.6 Å². The number of halogens is 5. The van der Waals surface area contributed by atoms with Gasteiger partial charge in [-0.2, -0.15) is 13.2 Å². The molecular weight excluding hydrogens is 390 g/mol. The second-order valence-corrected chi connectivity index (χ2v) is 6.05. The fourth-order valence-electron chi connectivity index (χ4n) is 2.32. The standard InChI is InChI=1S/C18H10Cl2F3NO2/c19-12-6-3-4-10(16(12)20)14-8-9-15(26-14)17(25)24-13-7-2-1-5-11(13)18(21,22)23/h1-9H,(H,24,25). The fourth-order valence-corrected chi connectivity index (χ4v) is 2.72. The van der Waals surface area contributed by atoms with E-state index in [2.05, 4.69) is 5.32 Å². The lowest BCUT2D eigenvalue weighted by atomic mass is 10.1. The van der Waals surface area contributed by atoms with Crippen molar-refractivity contribution in [3.63, 3.8) is 0 Å². The van der Waals surface area contributed by atoms with Crippen molar-refractivity contribution >= 4 is 34.8 Å². The molecule has 1 N–H and O–H groups in total. The summed E-state index contributed by atoms with van der Waals surface area (Å²) in [7, 11) is 0. The predicted molar refractivity (Wildman–Crippen MR) is 93.6 cm³/mol. The Hall–Kier alpha value is -2.44. The Morgan fingerprint density at radius 2 is 1.69 bits per heavy atom. The molecule has 0 fully saturated rings. The third kappa shape index (κ3) is 3.71. The SMILES string of the molecule is O=C(Nc1ccccc1C(F)(F)F)c1ccc(-c2cccc(Cl)c2Cl)o1. The van der Waals surface area contributed by atoms with Crippen LogP contribution in [0.3, 0.4) is 0 Å². The van der Waals surface area contributed by atoms with Crippen molar-refractivity contribution < 1.29 is 22.4 Å². The zero-order chi connectivity index (χ0) is 18.9. The molecule has 26 heavy (non-hydrogen) atoms. The third-order valence-corrected chi connectivity index (χ3v) is 4.35. The first kappa shape index (κ1) is 18.4. The van der Waals surface area contributed by atoms with Crippen molar-refractivity contribution in [2.24, 2.45) is 0 Å². The number of nitrogens with one attached hydrogen (secondary N) is 1. The lowest BCUT2D eigenvalue weighted by Gasteiger charge is -2.12. The molecule has 8 heteroatoms. The van der Waals surface area contributed by atoms with Crippen LogP contribution in [0.15, 0.2) is 59.0 Å². The van der Waals surface area contributed by atoms with Gasteiger partial charge in [-0.1, -0.05) is 41.4 Å². The van der Waals surface area contributed by atoms with Crippen molar-refractivity contribution in [3.8, 4) is 11.3 Å². The Labute approximate surface area is 156 Å². The van der Waals surface area contributed by atoms with Gasteiger partial charge in [-0.25, -0.2) is 0 Å². The first-order valence-corrected chi connectivity index (χ1v) is 8.05. The zero-order valence-corrected chi connectivity index (χ0v) is 14.4. The van der Waals surface area contributed by atoms with Gasteiger partial charge in [0.05, 0.1) is 21.3 Å². The first-order valence-electron chi connectivity index (χ1n) is 7.29. The zero-order valence-electron chi connectivity index (χ0n) is 12.9. The average molecular weight is 400 g/mol. The van der Waals surface area contributed by atoms with Crippen LogP contribution in [-0.4, -0.2) is 5.91 Å². The third-order valence-electron chi connectivity index (χ3n) is 3.53. The maximum atomic E-state index is 13.0. The van der Waals surface area contributed by atoms with Crippen molar-refractivity contribution in [2.45, 2.75) is 6.18 Å². The highest BCUT2D eigenvalue weighted by atomic mass is 35.5. The van der Waals surface area contributed by atoms with E-state index >= 15 is 0 Å². The number of hydrogen-bond donors (Lipinski definition) is 1. The minimum absolute atomic E-state index is 0.159. The van der Waals surface area contributed by atoms with E-state index in [9.17, 15) is 18.0 Å². The molecule has 0 aliphatic rings. The molecule has 0 radical (unpaired) electrons. The number of anilines is 1. The van der Waals surface area contributed by atoms with E-state index in [1.165, 1.54) is 30.3 Å². The summed E-state index contributed by atoms with van der Waals surface area (Å²) in [5, 5.41) is 2.77. The van der Waals surface area contributed by atoms with Crippen LogP contribution >= 0.6 is 23.2 Å². The fraction of sp³-hybridized carbons (Fsp3) is 0.0556. The van der Waals surface area contributed by atoms with Gasteiger partial charge in [0.1, 0.15) is 5.76 Å². The second kappa shape index (κ2) is 7.05. The molecule has 134 valence electrons. The van der Waals surface area contributed by atoms with Crippen LogP contribution in [0.4, 0.5) is 18.9 Å². The van der Waals surface area contributed by atoms with Gasteiger partial charge in [-0.05, 0) is 36.4 Å². The largest absolute Gasteiger partial charge is 0.451 e. The molecule has 0 bridgehead atoms. The van der Waals surface area contributed by atoms with Crippen LogP contribution in [0.5, 0.6) is 0 Å². The normalized spacial score (nSPS) is 11.4. The number of furan rings is 1. The molecule has 1 aromatic heterocycles. The lowest BCUT2D eigenvalue weighted by Crippen LogP contribution is -2.16. The quantitative estimate of drug-likeness (QED) is 0.544. The Balaban J connectivity index is 1.87. The summed E-state index contributed by atoms with van der Waals surface area (Å²) >= 11 is 12.0. The van der Waals surface area contributed by atoms with Gasteiger partial charge in [-0.3, -0.25) is 4.79 Å². The van der Waals surface area contributed by atoms with E-state index in [0.29, 0.717) is 10.6 Å². The predicted octanol–water partition coefficient (Wildman–Crippen LogP) is 6.52. The van der Waals surface area contributed by atoms with E-state index in [1.54, 1.807) is 18.2 Å². The molecule has 0 saturated carbocycles. The molecule has 3 rings (SSSR count). The Morgan fingerprint density at radius 3 is 2.42 bits per heavy atom. The summed E-state index contributed by atoms with van der Waals surface area (Å²) in [4.78, 5) is 12.3. The highest BCUT2D eigenvalue weighted by Gasteiger charge is 2.33. The molecule has 0 aliphatic heterocycles. The van der Waals surface area contributed by atoms with E-state index in [-0.39, 0.29) is 22.2 Å². The molecule has 2 aromatic carbocycles. The molecule has 0 atom stereocenters. The minimum atomic E-state index is -4.59. The van der Waals surface area contributed by atoms with Crippen molar-refractivity contribution in [2.75, 3.05) is 5.32 Å². The molecule has 3 nitrogen and oxygen atoms in total. The van der Waals surface area contributed by atoms with Crippen LogP contribution in [0, 0.1) is 0 Å². The highest BCUT2D eigenvalue weighted by Crippen LogP contribution is 2.36. The van der Waals surface area contributed by atoms with Crippen LogP contribution in [-0.2, 0) is 6.18 Å². The molecule has 0 saturated heterocycles. The van der Waals surface area contributed by atoms with Gasteiger partial charge in [0.25, 0.3) is 5.91 Å². The number of benzene rings is 2. The van der Waals surface area contributed by atoms with Gasteiger partial charge < -0.3 is 9.73 Å². The average Bonchev–Trinajstić information content (AvgIpc) is 3.07. The van der Waals surface area contributed by atoms with E-state index in [0.717, 1.165) is 6.07 Å². The summed E-state index contributed by atoms with van der Waals surface area (Å²) < 4.78 is 44.4. The monoisotopic (exact) mass is 399 g/mol. The highest BCUT2D eigenvalue weighted by molar-refractivity contribution is 6.43. The van der Waals surface area contributed by atoms with Crippen molar-refractivity contribution in [3.05, 3.63) is 76.0 Å². The summed E-state index contributed by atoms with van der Waals surface area (Å²) in [6.07, 6.45) is -4.59. The van der Waals surface area contributed by atoms with Crippen molar-refractivity contribution in [1.82, 2.24) is 0 Å². The number of alkyl halides is 3. The molecule has 1 amide bonds. The molecule has 0 spiro atoms. The van der Waals surface area contributed by atoms with Crippen molar-refractivity contribution in [1.29, 1.82) is 0 Å². The smallest absolute Gasteiger partial charge is 0.418 e. The number of rotatable bonds is 3. The van der Waals surface area contributed by atoms with Gasteiger partial charge in [0, 0.05) is 5.56 Å². The number of carbonyl (C=O) groups excluding carboxylic acids is 1. The first-order chi connectivity index (χ1) is 12.3. The van der Waals surface area contributed by atoms with E-state index in [4.69, 9.17) is 27.6 Å². The van der Waals surface area contributed by atoms with Gasteiger partial charge in [0.2, 0.25) is 0 Å². The molecular formula is C18H10Cl2F3NO2. The Kier molecular flexibility index (Phi) is 4.98. The van der Waals surface area contributed by atoms with Crippen LogP contribution < -0.4 is 5.32 Å². The molecule has 3 aromatic rings. The van der Waals surface area contributed by atoms with Crippen LogP contribution in [0.25, 0.3) is 11.3 Å². The summed E-state index contributed by atoms with van der Waals surface area (Å²) in [6, 6.07) is 12.4. The molecule has 0 aliphatic carbocycles. The summed E-state index contributed by atoms with van der Waals surface area (Å²) in [6.45, 7) is 0. The second-order valence-electron chi connectivity index (χ2n) is 5.26. The topological polar surface area (TPSA) is 42.2 Å². The number of carbonyl (C=O) groups is 1. The molecule has 1 heterocycles. The maximum absolute atomic E-state index is 13.0. The molecule has 0 unspecified atom stereocenters. The minimum Gasteiger partial charge on any atom is -0.451 e. The maximum Gasteiger partial charge on any atom is 0.418 e. The number of hydrogen-bond acceptors (Lipinski definition) is 2. The van der Waals surface area contributed by atoms with Crippen LogP contribution in [0.1, 0.15) is 16.1 Å². The van der Waals surface area contributed by atoms with Crippen LogP contribution in [0.2, 0.25) is 10.0 Å². The number of amides is 1. The summed E-state index contributed by atoms with van der Waals surface area (Å²) in [5.41, 5.74) is -0.837. The van der Waals surface area contributed by atoms with Gasteiger partial charge in [-0.15, -0.1) is 0 Å². The lowest BCUT2D eigenvalue weighted by molar-refractivity contribution is -0.136. The Morgan fingerprint density at radius 1 is 0.962 bits per heavy atom. The Bertz CT molecular complexity index is 967. The summed E-state index contributed by atoms with van der Waals surface area (Å²) in [5.74, 6) is -0.703. The van der Waals surface area contributed by atoms with E-state index in [1.807, 2.05) is 0 Å². The number of para-hydroxylation sites is 1. The van der Waals surface area contributed by atoms with Gasteiger partial charge in [0.15, 0.2) is 5.76 Å². The van der Waals surface area contributed by atoms with Gasteiger partial charge >= 0.3 is 6.18 Å².